The smallest absolute Gasteiger partial charge is 0.132 e. The summed E-state index contributed by atoms with van der Waals surface area (Å²) in [4.78, 5) is 3.91. The van der Waals surface area contributed by atoms with Gasteiger partial charge in [0.2, 0.25) is 0 Å². The minimum atomic E-state index is -0.000309. The van der Waals surface area contributed by atoms with Crippen LogP contribution in [-0.4, -0.2) is 4.98 Å². The van der Waals surface area contributed by atoms with Crippen LogP contribution in [0, 0.1) is 0 Å². The van der Waals surface area contributed by atoms with Gasteiger partial charge < -0.3 is 4.74 Å². The normalized spacial score (nSPS) is 12.1. The Kier molecular flexibility index (Phi) is 3.42. The van der Waals surface area contributed by atoms with Gasteiger partial charge in [-0.1, -0.05) is 41.9 Å². The summed E-state index contributed by atoms with van der Waals surface area (Å²) in [6, 6.07) is 13.6. The lowest BCUT2D eigenvalue weighted by molar-refractivity contribution is 0.226. The number of pyridine rings is 1. The zero-order chi connectivity index (χ0) is 11.4. The van der Waals surface area contributed by atoms with Crippen molar-refractivity contribution >= 4 is 11.6 Å². The van der Waals surface area contributed by atoms with E-state index in [0.717, 1.165) is 11.3 Å². The largest absolute Gasteiger partial charge is 0.486 e. The van der Waals surface area contributed by atoms with Crippen molar-refractivity contribution in [2.45, 2.75) is 13.0 Å². The Bertz CT molecular complexity index is 458. The minimum absolute atomic E-state index is 0.000309. The van der Waals surface area contributed by atoms with Gasteiger partial charge in [-0.05, 0) is 18.6 Å². The lowest BCUT2D eigenvalue weighted by Gasteiger charge is -2.14. The molecule has 1 aromatic carbocycles. The van der Waals surface area contributed by atoms with Crippen LogP contribution in [0.4, 0.5) is 0 Å². The maximum absolute atomic E-state index is 5.78. The molecule has 16 heavy (non-hydrogen) atoms. The highest BCUT2D eigenvalue weighted by Crippen LogP contribution is 2.22. The molecule has 0 fully saturated rings. The third kappa shape index (κ3) is 2.74. The molecule has 2 nitrogen and oxygen atoms in total. The topological polar surface area (TPSA) is 22.1 Å². The van der Waals surface area contributed by atoms with Crippen LogP contribution in [0.1, 0.15) is 18.6 Å². The molecule has 0 N–H and O–H groups in total. The van der Waals surface area contributed by atoms with Crippen molar-refractivity contribution in [2.75, 3.05) is 0 Å². The van der Waals surface area contributed by atoms with E-state index in [1.165, 1.54) is 0 Å². The molecule has 0 bridgehead atoms. The predicted octanol–water partition coefficient (Wildman–Crippen LogP) is 3.88. The van der Waals surface area contributed by atoms with Gasteiger partial charge in [-0.15, -0.1) is 0 Å². The summed E-state index contributed by atoms with van der Waals surface area (Å²) in [6.45, 7) is 2.00. The SMILES string of the molecule is CC(Oc1ccnc(Cl)c1)c1ccccc1. The van der Waals surface area contributed by atoms with E-state index in [4.69, 9.17) is 16.3 Å². The number of rotatable bonds is 3. The molecule has 2 rings (SSSR count). The van der Waals surface area contributed by atoms with Crippen molar-refractivity contribution < 1.29 is 4.74 Å². The molecule has 1 atom stereocenters. The number of hydrogen-bond acceptors (Lipinski definition) is 2. The first-order chi connectivity index (χ1) is 7.75. The molecule has 0 aliphatic heterocycles. The second kappa shape index (κ2) is 4.99. The molecule has 0 radical (unpaired) electrons. The van der Waals surface area contributed by atoms with Gasteiger partial charge in [-0.2, -0.15) is 0 Å². The lowest BCUT2D eigenvalue weighted by atomic mass is 10.1. The van der Waals surface area contributed by atoms with Crippen LogP contribution in [0.5, 0.6) is 5.75 Å². The molecule has 1 heterocycles. The number of benzene rings is 1. The van der Waals surface area contributed by atoms with Crippen molar-refractivity contribution in [3.05, 3.63) is 59.4 Å². The Balaban J connectivity index is 2.11. The average Bonchev–Trinajstić information content (AvgIpc) is 2.30. The van der Waals surface area contributed by atoms with E-state index in [0.29, 0.717) is 5.15 Å². The number of ether oxygens (including phenoxy) is 1. The summed E-state index contributed by atoms with van der Waals surface area (Å²) in [5.74, 6) is 0.733. The molecule has 82 valence electrons. The molecule has 2 aromatic rings. The molecule has 0 spiro atoms. The van der Waals surface area contributed by atoms with E-state index in [2.05, 4.69) is 4.98 Å². The average molecular weight is 234 g/mol. The molecule has 0 saturated carbocycles. The summed E-state index contributed by atoms with van der Waals surface area (Å²) >= 11 is 5.78. The Morgan fingerprint density at radius 3 is 2.62 bits per heavy atom. The molecule has 3 heteroatoms. The van der Waals surface area contributed by atoms with E-state index in [1.54, 1.807) is 18.3 Å². The highest BCUT2D eigenvalue weighted by atomic mass is 35.5. The zero-order valence-corrected chi connectivity index (χ0v) is 9.69. The minimum Gasteiger partial charge on any atom is -0.486 e. The summed E-state index contributed by atoms with van der Waals surface area (Å²) in [5, 5.41) is 0.442. The highest BCUT2D eigenvalue weighted by molar-refractivity contribution is 6.29. The Hall–Kier alpha value is -1.54. The molecule has 0 amide bonds. The van der Waals surface area contributed by atoms with Crippen LogP contribution in [0.3, 0.4) is 0 Å². The Morgan fingerprint density at radius 2 is 1.94 bits per heavy atom. The second-order valence-corrected chi connectivity index (χ2v) is 3.87. The molecule has 1 unspecified atom stereocenters. The number of hydrogen-bond donors (Lipinski definition) is 0. The van der Waals surface area contributed by atoms with Gasteiger partial charge in [0.15, 0.2) is 0 Å². The van der Waals surface area contributed by atoms with Gasteiger partial charge in [-0.3, -0.25) is 0 Å². The fraction of sp³-hybridized carbons (Fsp3) is 0.154. The molecular weight excluding hydrogens is 222 g/mol. The third-order valence-electron chi connectivity index (χ3n) is 2.28. The fourth-order valence-electron chi connectivity index (χ4n) is 1.45. The summed E-state index contributed by atoms with van der Waals surface area (Å²) in [6.07, 6.45) is 1.63. The third-order valence-corrected chi connectivity index (χ3v) is 2.49. The maximum atomic E-state index is 5.78. The molecule has 0 aliphatic carbocycles. The van der Waals surface area contributed by atoms with Gasteiger partial charge in [-0.25, -0.2) is 4.98 Å². The monoisotopic (exact) mass is 233 g/mol. The number of nitrogens with zero attached hydrogens (tertiary/aromatic N) is 1. The first-order valence-electron chi connectivity index (χ1n) is 5.09. The first-order valence-corrected chi connectivity index (χ1v) is 5.46. The van der Waals surface area contributed by atoms with E-state index in [9.17, 15) is 0 Å². The van der Waals surface area contributed by atoms with Crippen molar-refractivity contribution in [3.63, 3.8) is 0 Å². The van der Waals surface area contributed by atoms with Crippen LogP contribution >= 0.6 is 11.6 Å². The Morgan fingerprint density at radius 1 is 1.19 bits per heavy atom. The summed E-state index contributed by atoms with van der Waals surface area (Å²) in [7, 11) is 0. The fourth-order valence-corrected chi connectivity index (χ4v) is 1.62. The van der Waals surface area contributed by atoms with Crippen molar-refractivity contribution in [1.29, 1.82) is 0 Å². The van der Waals surface area contributed by atoms with Gasteiger partial charge in [0, 0.05) is 12.3 Å². The van der Waals surface area contributed by atoms with E-state index in [1.807, 2.05) is 37.3 Å². The second-order valence-electron chi connectivity index (χ2n) is 3.49. The maximum Gasteiger partial charge on any atom is 0.132 e. The predicted molar refractivity (Wildman–Crippen MR) is 64.7 cm³/mol. The van der Waals surface area contributed by atoms with Crippen LogP contribution < -0.4 is 4.74 Å². The van der Waals surface area contributed by atoms with E-state index >= 15 is 0 Å². The van der Waals surface area contributed by atoms with E-state index < -0.39 is 0 Å². The summed E-state index contributed by atoms with van der Waals surface area (Å²) in [5.41, 5.74) is 1.13. The number of halogens is 1. The Labute approximate surface area is 99.9 Å². The quantitative estimate of drug-likeness (QED) is 0.751. The lowest BCUT2D eigenvalue weighted by Crippen LogP contribution is -2.02. The molecule has 0 aliphatic rings. The van der Waals surface area contributed by atoms with Crippen molar-refractivity contribution in [2.24, 2.45) is 0 Å². The standard InChI is InChI=1S/C13H12ClNO/c1-10(11-5-3-2-4-6-11)16-12-7-8-15-13(14)9-12/h2-10H,1H3. The highest BCUT2D eigenvalue weighted by Gasteiger charge is 2.06. The summed E-state index contributed by atoms with van der Waals surface area (Å²) < 4.78 is 5.76. The van der Waals surface area contributed by atoms with Gasteiger partial charge in [0.05, 0.1) is 0 Å². The van der Waals surface area contributed by atoms with Gasteiger partial charge in [0.25, 0.3) is 0 Å². The van der Waals surface area contributed by atoms with Crippen LogP contribution in [0.15, 0.2) is 48.7 Å². The van der Waals surface area contributed by atoms with Gasteiger partial charge >= 0.3 is 0 Å². The molecule has 0 saturated heterocycles. The first kappa shape index (κ1) is 11.0. The van der Waals surface area contributed by atoms with Crippen LogP contribution in [-0.2, 0) is 0 Å². The van der Waals surface area contributed by atoms with Crippen LogP contribution in [0.2, 0.25) is 5.15 Å². The van der Waals surface area contributed by atoms with E-state index in [-0.39, 0.29) is 6.10 Å². The van der Waals surface area contributed by atoms with Crippen molar-refractivity contribution in [3.8, 4) is 5.75 Å². The van der Waals surface area contributed by atoms with Gasteiger partial charge in [0.1, 0.15) is 17.0 Å². The van der Waals surface area contributed by atoms with Crippen LogP contribution in [0.25, 0.3) is 0 Å². The van der Waals surface area contributed by atoms with Crippen molar-refractivity contribution in [1.82, 2.24) is 4.98 Å². The number of aromatic nitrogens is 1. The molecule has 1 aromatic heterocycles. The molecular formula is C13H12ClNO. The zero-order valence-electron chi connectivity index (χ0n) is 8.93.